The average molecular weight is 520 g/mol. The van der Waals surface area contributed by atoms with Crippen molar-refractivity contribution in [3.8, 4) is 0 Å². The van der Waals surface area contributed by atoms with Crippen LogP contribution in [0.25, 0.3) is 0 Å². The van der Waals surface area contributed by atoms with E-state index < -0.39 is 66.1 Å². The third-order valence-electron chi connectivity index (χ3n) is 4.88. The van der Waals surface area contributed by atoms with Gasteiger partial charge in [-0.1, -0.05) is 0 Å². The Kier molecular flexibility index (Phi) is 16.1. The molecule has 200 valence electrons. The molecular weight excluding hydrogens is 482 g/mol. The van der Waals surface area contributed by atoms with Crippen molar-refractivity contribution in [2.24, 2.45) is 22.9 Å². The summed E-state index contributed by atoms with van der Waals surface area (Å²) in [5.74, 6) is -4.85. The van der Waals surface area contributed by atoms with Gasteiger partial charge in [0.2, 0.25) is 29.5 Å². The number of nitrogens with one attached hydrogen (secondary N) is 3. The van der Waals surface area contributed by atoms with E-state index in [1.807, 2.05) is 6.26 Å². The number of rotatable bonds is 19. The Balaban J connectivity index is 5.49. The molecule has 5 amide bonds. The van der Waals surface area contributed by atoms with Crippen molar-refractivity contribution in [3.05, 3.63) is 0 Å². The molecule has 15 heteroatoms. The molecule has 0 bridgehead atoms. The molecular formula is C20H37N7O7S. The molecule has 4 atom stereocenters. The van der Waals surface area contributed by atoms with Gasteiger partial charge in [-0.2, -0.15) is 11.8 Å². The van der Waals surface area contributed by atoms with E-state index in [1.165, 1.54) is 11.8 Å². The average Bonchev–Trinajstić information content (AvgIpc) is 2.78. The summed E-state index contributed by atoms with van der Waals surface area (Å²) in [6, 6.07) is -5.00. The number of carbonyl (C=O) groups excluding carboxylic acids is 5. The van der Waals surface area contributed by atoms with Gasteiger partial charge < -0.3 is 44.0 Å². The third-order valence-corrected chi connectivity index (χ3v) is 5.53. The monoisotopic (exact) mass is 519 g/mol. The fourth-order valence-corrected chi connectivity index (χ4v) is 3.40. The summed E-state index contributed by atoms with van der Waals surface area (Å²) in [5.41, 5.74) is 21.5. The molecule has 0 fully saturated rings. The quantitative estimate of drug-likeness (QED) is 0.0795. The fourth-order valence-electron chi connectivity index (χ4n) is 2.92. The molecule has 0 heterocycles. The molecule has 4 unspecified atom stereocenters. The molecule has 0 saturated heterocycles. The predicted octanol–water partition coefficient (Wildman–Crippen LogP) is -3.12. The number of carbonyl (C=O) groups is 6. The van der Waals surface area contributed by atoms with Gasteiger partial charge in [-0.3, -0.25) is 24.0 Å². The van der Waals surface area contributed by atoms with Gasteiger partial charge in [0.05, 0.1) is 12.5 Å². The third kappa shape index (κ3) is 14.2. The van der Waals surface area contributed by atoms with E-state index in [-0.39, 0.29) is 19.3 Å². The Morgan fingerprint density at radius 2 is 1.37 bits per heavy atom. The fraction of sp³-hybridized carbons (Fsp3) is 0.700. The summed E-state index contributed by atoms with van der Waals surface area (Å²) >= 11 is 1.48. The van der Waals surface area contributed by atoms with Gasteiger partial charge in [-0.15, -0.1) is 0 Å². The summed E-state index contributed by atoms with van der Waals surface area (Å²) in [4.78, 5) is 72.1. The van der Waals surface area contributed by atoms with Crippen molar-refractivity contribution in [3.63, 3.8) is 0 Å². The molecule has 0 saturated carbocycles. The minimum atomic E-state index is -1.52. The normalized spacial score (nSPS) is 14.1. The van der Waals surface area contributed by atoms with Gasteiger partial charge in [0.15, 0.2) is 0 Å². The van der Waals surface area contributed by atoms with Crippen LogP contribution in [0.15, 0.2) is 0 Å². The zero-order chi connectivity index (χ0) is 27.0. The minimum absolute atomic E-state index is 0.0841. The van der Waals surface area contributed by atoms with Crippen LogP contribution in [0.5, 0.6) is 0 Å². The van der Waals surface area contributed by atoms with Crippen LogP contribution in [0.1, 0.15) is 44.9 Å². The molecule has 0 aliphatic heterocycles. The van der Waals surface area contributed by atoms with Crippen molar-refractivity contribution in [2.45, 2.75) is 69.1 Å². The number of unbranched alkanes of at least 4 members (excludes halogenated alkanes) is 1. The summed E-state index contributed by atoms with van der Waals surface area (Å²) in [6.07, 6.45) is 2.16. The van der Waals surface area contributed by atoms with E-state index >= 15 is 0 Å². The van der Waals surface area contributed by atoms with Crippen molar-refractivity contribution >= 4 is 47.3 Å². The Labute approximate surface area is 208 Å². The lowest BCUT2D eigenvalue weighted by molar-refractivity contribution is -0.142. The number of aliphatic carboxylic acids is 1. The topological polar surface area (TPSA) is 263 Å². The summed E-state index contributed by atoms with van der Waals surface area (Å²) in [5, 5.41) is 16.4. The van der Waals surface area contributed by atoms with E-state index in [4.69, 9.17) is 22.9 Å². The van der Waals surface area contributed by atoms with E-state index in [0.29, 0.717) is 31.6 Å². The van der Waals surface area contributed by atoms with E-state index in [1.54, 1.807) is 0 Å². The Hall–Kier alpha value is -2.91. The molecule has 35 heavy (non-hydrogen) atoms. The van der Waals surface area contributed by atoms with Gasteiger partial charge in [-0.25, -0.2) is 4.79 Å². The van der Waals surface area contributed by atoms with Gasteiger partial charge in [0.25, 0.3) is 0 Å². The van der Waals surface area contributed by atoms with Crippen molar-refractivity contribution in [1.82, 2.24) is 16.0 Å². The number of amides is 5. The van der Waals surface area contributed by atoms with Crippen molar-refractivity contribution in [2.75, 3.05) is 18.6 Å². The predicted molar refractivity (Wildman–Crippen MR) is 130 cm³/mol. The summed E-state index contributed by atoms with van der Waals surface area (Å²) in [6.45, 7) is 0.347. The molecule has 0 aromatic rings. The van der Waals surface area contributed by atoms with E-state index in [0.717, 1.165) is 0 Å². The molecule has 0 rings (SSSR count). The van der Waals surface area contributed by atoms with Crippen molar-refractivity contribution in [1.29, 1.82) is 0 Å². The number of thioether (sulfide) groups is 1. The maximum Gasteiger partial charge on any atom is 0.326 e. The molecule has 0 aromatic heterocycles. The summed E-state index contributed by atoms with van der Waals surface area (Å²) in [7, 11) is 0. The van der Waals surface area contributed by atoms with Gasteiger partial charge >= 0.3 is 5.97 Å². The number of hydrogen-bond donors (Lipinski definition) is 8. The van der Waals surface area contributed by atoms with Crippen molar-refractivity contribution < 1.29 is 33.9 Å². The van der Waals surface area contributed by atoms with Crippen LogP contribution in [0.3, 0.4) is 0 Å². The lowest BCUT2D eigenvalue weighted by atomic mass is 10.1. The number of primary amides is 2. The summed E-state index contributed by atoms with van der Waals surface area (Å²) < 4.78 is 0. The van der Waals surface area contributed by atoms with Crippen LogP contribution < -0.4 is 38.9 Å². The molecule has 0 spiro atoms. The first-order valence-corrected chi connectivity index (χ1v) is 12.5. The first-order valence-electron chi connectivity index (χ1n) is 11.1. The van der Waals surface area contributed by atoms with Gasteiger partial charge in [-0.05, 0) is 50.7 Å². The number of carboxylic acids is 1. The first kappa shape index (κ1) is 32.1. The second kappa shape index (κ2) is 17.5. The zero-order valence-electron chi connectivity index (χ0n) is 19.8. The molecule has 12 N–H and O–H groups in total. The highest BCUT2D eigenvalue weighted by atomic mass is 32.2. The van der Waals surface area contributed by atoms with E-state index in [9.17, 15) is 33.9 Å². The Morgan fingerprint density at radius 3 is 1.89 bits per heavy atom. The maximum absolute atomic E-state index is 12.9. The van der Waals surface area contributed by atoms with Gasteiger partial charge in [0, 0.05) is 6.42 Å². The zero-order valence-corrected chi connectivity index (χ0v) is 20.6. The Bertz CT molecular complexity index is 753. The van der Waals surface area contributed by atoms with Crippen LogP contribution in [-0.2, 0) is 28.8 Å². The second-order valence-electron chi connectivity index (χ2n) is 7.87. The second-order valence-corrected chi connectivity index (χ2v) is 8.86. The molecule has 0 radical (unpaired) electrons. The smallest absolute Gasteiger partial charge is 0.326 e. The molecule has 0 aliphatic rings. The SMILES string of the molecule is CSCCC(N)C(=O)NC(CCC(N)=O)C(=O)NC(CC(N)=O)C(=O)NC(CCCCN)C(=O)O. The van der Waals surface area contributed by atoms with Gasteiger partial charge in [0.1, 0.15) is 18.1 Å². The van der Waals surface area contributed by atoms with Crippen LogP contribution in [0, 0.1) is 0 Å². The number of nitrogens with two attached hydrogens (primary N) is 4. The molecule has 0 aromatic carbocycles. The van der Waals surface area contributed by atoms with Crippen LogP contribution in [0.2, 0.25) is 0 Å². The van der Waals surface area contributed by atoms with E-state index in [2.05, 4.69) is 16.0 Å². The highest BCUT2D eigenvalue weighted by Gasteiger charge is 2.31. The number of carboxylic acid groups (broad SMARTS) is 1. The highest BCUT2D eigenvalue weighted by Crippen LogP contribution is 2.05. The number of hydrogen-bond acceptors (Lipinski definition) is 9. The standard InChI is InChI=1S/C20H37N7O7S/c1-35-9-7-11(22)17(30)25-12(5-6-15(23)28)18(31)27-14(10-16(24)29)19(32)26-13(20(33)34)4-2-3-8-21/h11-14H,2-10,21-22H2,1H3,(H2,23,28)(H2,24,29)(H,25,30)(H,26,32)(H,27,31)(H,33,34). The maximum atomic E-state index is 12.9. The minimum Gasteiger partial charge on any atom is -0.480 e. The largest absolute Gasteiger partial charge is 0.480 e. The first-order chi connectivity index (χ1) is 16.4. The van der Waals surface area contributed by atoms with Crippen LogP contribution >= 0.6 is 11.8 Å². The highest BCUT2D eigenvalue weighted by molar-refractivity contribution is 7.98. The molecule has 0 aliphatic carbocycles. The lowest BCUT2D eigenvalue weighted by Crippen LogP contribution is -2.57. The molecule has 14 nitrogen and oxygen atoms in total. The lowest BCUT2D eigenvalue weighted by Gasteiger charge is -2.24. The van der Waals surface area contributed by atoms with Crippen LogP contribution in [0.4, 0.5) is 0 Å². The van der Waals surface area contributed by atoms with Crippen LogP contribution in [-0.4, -0.2) is 83.3 Å². The Morgan fingerprint density at radius 1 is 0.800 bits per heavy atom.